The number of nitrogens with one attached hydrogen (secondary N) is 1. The number of amides is 1. The van der Waals surface area contributed by atoms with Crippen LogP contribution in [0.4, 0.5) is 0 Å². The van der Waals surface area contributed by atoms with Crippen LogP contribution >= 0.6 is 0 Å². The van der Waals surface area contributed by atoms with E-state index >= 15 is 0 Å². The van der Waals surface area contributed by atoms with Crippen molar-refractivity contribution in [2.45, 2.75) is 6.92 Å². The van der Waals surface area contributed by atoms with Gasteiger partial charge in [-0.05, 0) is 61.5 Å². The molecule has 0 aliphatic heterocycles. The van der Waals surface area contributed by atoms with Gasteiger partial charge in [-0.25, -0.2) is 17.8 Å². The van der Waals surface area contributed by atoms with Crippen LogP contribution in [-0.2, 0) is 10.0 Å². The van der Waals surface area contributed by atoms with Gasteiger partial charge in [-0.2, -0.15) is 5.10 Å². The fraction of sp³-hybridized carbons (Fsp3) is 0.304. The molecule has 0 atom stereocenters. The van der Waals surface area contributed by atoms with Crippen molar-refractivity contribution in [3.63, 3.8) is 0 Å². The maximum Gasteiger partial charge on any atom is 0.274 e. The zero-order valence-electron chi connectivity index (χ0n) is 19.1. The number of hydrogen-bond donors (Lipinski definition) is 1. The molecule has 0 spiro atoms. The predicted octanol–water partition coefficient (Wildman–Crippen LogP) is 2.57. The number of hydrogen-bond acceptors (Lipinski definition) is 6. The molecule has 0 saturated carbocycles. The van der Waals surface area contributed by atoms with Crippen molar-refractivity contribution in [1.82, 2.24) is 19.4 Å². The molecule has 1 aromatic heterocycles. The van der Waals surface area contributed by atoms with Gasteiger partial charge in [0.2, 0.25) is 10.0 Å². The molecule has 33 heavy (non-hydrogen) atoms. The highest BCUT2D eigenvalue weighted by Gasteiger charge is 2.19. The zero-order chi connectivity index (χ0) is 24.0. The summed E-state index contributed by atoms with van der Waals surface area (Å²) >= 11 is 0. The van der Waals surface area contributed by atoms with Gasteiger partial charge in [0.25, 0.3) is 5.91 Å². The molecule has 0 fully saturated rings. The minimum atomic E-state index is -3.25. The van der Waals surface area contributed by atoms with Crippen molar-refractivity contribution in [3.05, 3.63) is 60.3 Å². The Bertz CT molecular complexity index is 1190. The molecular formula is C23H28N4O5S. The average Bonchev–Trinajstić information content (AvgIpc) is 3.26. The van der Waals surface area contributed by atoms with E-state index in [1.165, 1.54) is 0 Å². The second-order valence-electron chi connectivity index (χ2n) is 7.38. The first kappa shape index (κ1) is 24.3. The Hall–Kier alpha value is -3.37. The molecule has 0 unspecified atom stereocenters. The Morgan fingerprint density at radius 3 is 2.30 bits per heavy atom. The Labute approximate surface area is 194 Å². The number of carbonyl (C=O) groups is 1. The van der Waals surface area contributed by atoms with E-state index in [4.69, 9.17) is 9.47 Å². The van der Waals surface area contributed by atoms with E-state index in [2.05, 4.69) is 9.82 Å². The molecule has 0 bridgehead atoms. The van der Waals surface area contributed by atoms with Gasteiger partial charge in [0, 0.05) is 25.7 Å². The molecule has 3 rings (SSSR count). The maximum atomic E-state index is 12.7. The van der Waals surface area contributed by atoms with Gasteiger partial charge >= 0.3 is 0 Å². The van der Waals surface area contributed by atoms with Crippen LogP contribution in [0.25, 0.3) is 16.9 Å². The van der Waals surface area contributed by atoms with E-state index < -0.39 is 10.0 Å². The predicted molar refractivity (Wildman–Crippen MR) is 127 cm³/mol. The Morgan fingerprint density at radius 2 is 1.73 bits per heavy atom. The molecular weight excluding hydrogens is 444 g/mol. The molecule has 0 aliphatic rings. The Balaban J connectivity index is 1.88. The fourth-order valence-electron chi connectivity index (χ4n) is 3.07. The van der Waals surface area contributed by atoms with Gasteiger partial charge in [-0.15, -0.1) is 0 Å². The van der Waals surface area contributed by atoms with Gasteiger partial charge in [0.15, 0.2) is 5.69 Å². The van der Waals surface area contributed by atoms with Crippen molar-refractivity contribution in [2.24, 2.45) is 0 Å². The highest BCUT2D eigenvalue weighted by Crippen LogP contribution is 2.27. The SMILES string of the molecule is CCN(C)C(=O)c1cc(-c2ccc(OCCNS(C)(=O)=O)cc2)n(-c2ccc(OC)cc2)n1. The van der Waals surface area contributed by atoms with Crippen LogP contribution < -0.4 is 14.2 Å². The minimum absolute atomic E-state index is 0.163. The summed E-state index contributed by atoms with van der Waals surface area (Å²) in [5.41, 5.74) is 2.73. The standard InChI is InChI=1S/C23H28N4O5S/c1-5-26(2)23(28)21-16-22(27(25-21)18-8-12-19(31-3)13-9-18)17-6-10-20(11-7-17)32-15-14-24-33(4,29)30/h6-13,16,24H,5,14-15H2,1-4H3. The van der Waals surface area contributed by atoms with E-state index in [9.17, 15) is 13.2 Å². The van der Waals surface area contributed by atoms with Crippen LogP contribution in [0.5, 0.6) is 11.5 Å². The molecule has 0 radical (unpaired) electrons. The van der Waals surface area contributed by atoms with Crippen LogP contribution in [0.15, 0.2) is 54.6 Å². The number of methoxy groups -OCH3 is 1. The molecule has 2 aromatic carbocycles. The average molecular weight is 473 g/mol. The third-order valence-corrected chi connectivity index (χ3v) is 5.68. The minimum Gasteiger partial charge on any atom is -0.497 e. The van der Waals surface area contributed by atoms with Crippen LogP contribution in [0, 0.1) is 0 Å². The maximum absolute atomic E-state index is 12.7. The molecule has 3 aromatic rings. The van der Waals surface area contributed by atoms with Crippen LogP contribution in [0.2, 0.25) is 0 Å². The Kier molecular flexibility index (Phi) is 7.72. The summed E-state index contributed by atoms with van der Waals surface area (Å²) in [5.74, 6) is 1.16. The summed E-state index contributed by atoms with van der Waals surface area (Å²) in [6, 6.07) is 16.5. The zero-order valence-corrected chi connectivity index (χ0v) is 19.9. The molecule has 10 heteroatoms. The first-order valence-corrected chi connectivity index (χ1v) is 12.3. The largest absolute Gasteiger partial charge is 0.497 e. The summed E-state index contributed by atoms with van der Waals surface area (Å²) in [7, 11) is 0.0906. The molecule has 0 aliphatic carbocycles. The van der Waals surface area contributed by atoms with E-state index in [1.54, 1.807) is 41.9 Å². The summed E-state index contributed by atoms with van der Waals surface area (Å²) in [4.78, 5) is 14.3. The molecule has 9 nitrogen and oxygen atoms in total. The lowest BCUT2D eigenvalue weighted by Crippen LogP contribution is -2.26. The van der Waals surface area contributed by atoms with Gasteiger partial charge in [-0.3, -0.25) is 4.79 Å². The normalized spacial score (nSPS) is 11.3. The molecule has 176 valence electrons. The van der Waals surface area contributed by atoms with Gasteiger partial charge < -0.3 is 14.4 Å². The number of sulfonamides is 1. The van der Waals surface area contributed by atoms with Crippen LogP contribution in [0.1, 0.15) is 17.4 Å². The third kappa shape index (κ3) is 6.33. The van der Waals surface area contributed by atoms with Crippen molar-refractivity contribution in [1.29, 1.82) is 0 Å². The lowest BCUT2D eigenvalue weighted by Gasteiger charge is -2.12. The van der Waals surface area contributed by atoms with E-state index in [-0.39, 0.29) is 19.1 Å². The highest BCUT2D eigenvalue weighted by atomic mass is 32.2. The first-order valence-electron chi connectivity index (χ1n) is 10.4. The second kappa shape index (κ2) is 10.5. The smallest absolute Gasteiger partial charge is 0.274 e. The molecule has 1 heterocycles. The fourth-order valence-corrected chi connectivity index (χ4v) is 3.52. The number of nitrogens with zero attached hydrogens (tertiary/aromatic N) is 3. The topological polar surface area (TPSA) is 103 Å². The van der Waals surface area contributed by atoms with Crippen LogP contribution in [0.3, 0.4) is 0 Å². The number of carbonyl (C=O) groups excluding carboxylic acids is 1. The van der Waals surface area contributed by atoms with Crippen molar-refractivity contribution in [3.8, 4) is 28.4 Å². The first-order chi connectivity index (χ1) is 15.7. The summed E-state index contributed by atoms with van der Waals surface area (Å²) in [6.45, 7) is 2.87. The summed E-state index contributed by atoms with van der Waals surface area (Å²) < 4.78 is 37.2. The van der Waals surface area contributed by atoms with Crippen molar-refractivity contribution in [2.75, 3.05) is 40.1 Å². The summed E-state index contributed by atoms with van der Waals surface area (Å²) in [6.07, 6.45) is 1.10. The second-order valence-corrected chi connectivity index (χ2v) is 9.22. The van der Waals surface area contributed by atoms with Gasteiger partial charge in [0.1, 0.15) is 18.1 Å². The van der Waals surface area contributed by atoms with Gasteiger partial charge in [-0.1, -0.05) is 0 Å². The molecule has 1 amide bonds. The summed E-state index contributed by atoms with van der Waals surface area (Å²) in [5, 5.41) is 4.58. The highest BCUT2D eigenvalue weighted by molar-refractivity contribution is 7.88. The lowest BCUT2D eigenvalue weighted by molar-refractivity contribution is 0.0796. The monoisotopic (exact) mass is 472 g/mol. The lowest BCUT2D eigenvalue weighted by atomic mass is 10.1. The number of aromatic nitrogens is 2. The van der Waals surface area contributed by atoms with E-state index in [1.807, 2.05) is 43.3 Å². The number of rotatable bonds is 10. The quantitative estimate of drug-likeness (QED) is 0.455. The third-order valence-electron chi connectivity index (χ3n) is 4.95. The molecule has 1 N–H and O–H groups in total. The van der Waals surface area contributed by atoms with E-state index in [0.29, 0.717) is 18.0 Å². The van der Waals surface area contributed by atoms with Crippen molar-refractivity contribution >= 4 is 15.9 Å². The van der Waals surface area contributed by atoms with Crippen LogP contribution in [-0.4, -0.2) is 69.1 Å². The number of benzene rings is 2. The Morgan fingerprint density at radius 1 is 1.09 bits per heavy atom. The number of ether oxygens (including phenoxy) is 2. The molecule has 0 saturated heterocycles. The van der Waals surface area contributed by atoms with Gasteiger partial charge in [0.05, 0.1) is 24.7 Å². The van der Waals surface area contributed by atoms with Crippen molar-refractivity contribution < 1.29 is 22.7 Å². The van der Waals surface area contributed by atoms with E-state index in [0.717, 1.165) is 29.0 Å².